The fourth-order valence-corrected chi connectivity index (χ4v) is 11.2. The molecule has 0 nitrogen and oxygen atoms in total. The summed E-state index contributed by atoms with van der Waals surface area (Å²) in [5, 5.41) is 0. The van der Waals surface area contributed by atoms with Gasteiger partial charge in [0.1, 0.15) is 0 Å². The summed E-state index contributed by atoms with van der Waals surface area (Å²) in [6, 6.07) is 46.0. The topological polar surface area (TPSA) is 0 Å². The number of allylic oxidation sites excluding steroid dienone is 8. The first-order chi connectivity index (χ1) is 26.5. The average Bonchev–Trinajstić information content (AvgIpc) is 3.84. The van der Waals surface area contributed by atoms with Crippen LogP contribution in [0.4, 0.5) is 0 Å². The summed E-state index contributed by atoms with van der Waals surface area (Å²) in [5.74, 6) is 2.74. The van der Waals surface area contributed by atoms with Gasteiger partial charge < -0.3 is 14.9 Å². The molecular formula is C54H64Cl2Zr. The van der Waals surface area contributed by atoms with Crippen LogP contribution >= 0.6 is 17.0 Å². The summed E-state index contributed by atoms with van der Waals surface area (Å²) >= 11 is -0.826. The second-order valence-corrected chi connectivity index (χ2v) is 22.2. The zero-order chi connectivity index (χ0) is 38.8. The van der Waals surface area contributed by atoms with E-state index in [-0.39, 0.29) is 31.1 Å². The van der Waals surface area contributed by atoms with E-state index in [0.717, 1.165) is 6.42 Å². The van der Waals surface area contributed by atoms with Crippen LogP contribution in [0.5, 0.6) is 0 Å². The summed E-state index contributed by atoms with van der Waals surface area (Å²) in [4.78, 5) is 0. The molecule has 0 aromatic heterocycles. The molecule has 0 N–H and O–H groups in total. The maximum atomic E-state index is 4.93. The Labute approximate surface area is 365 Å². The fourth-order valence-electron chi connectivity index (χ4n) is 11.2. The van der Waals surface area contributed by atoms with Gasteiger partial charge in [0.25, 0.3) is 0 Å². The van der Waals surface area contributed by atoms with E-state index in [1.165, 1.54) is 64.7 Å². The van der Waals surface area contributed by atoms with Crippen LogP contribution in [0.2, 0.25) is 0 Å². The first-order valence-electron chi connectivity index (χ1n) is 20.5. The normalized spacial score (nSPS) is 23.9. The molecule has 8 rings (SSSR count). The van der Waals surface area contributed by atoms with Gasteiger partial charge in [0.05, 0.1) is 0 Å². The Morgan fingerprint density at radius 1 is 0.509 bits per heavy atom. The Morgan fingerprint density at radius 3 is 1.26 bits per heavy atom. The summed E-state index contributed by atoms with van der Waals surface area (Å²) < 4.78 is 0. The first-order valence-corrected chi connectivity index (χ1v) is 26.9. The van der Waals surface area contributed by atoms with E-state index in [1.54, 1.807) is 5.56 Å². The van der Waals surface area contributed by atoms with E-state index >= 15 is 0 Å². The molecule has 4 aliphatic rings. The molecular weight excluding hydrogens is 811 g/mol. The van der Waals surface area contributed by atoms with E-state index < -0.39 is 20.8 Å². The van der Waals surface area contributed by atoms with Gasteiger partial charge in [-0.2, -0.15) is 0 Å². The van der Waals surface area contributed by atoms with Crippen LogP contribution in [0.3, 0.4) is 0 Å². The maximum absolute atomic E-state index is 4.93. The van der Waals surface area contributed by atoms with Crippen molar-refractivity contribution in [2.45, 2.75) is 79.1 Å². The van der Waals surface area contributed by atoms with E-state index in [1.807, 2.05) is 0 Å². The Kier molecular flexibility index (Phi) is 15.2. The van der Waals surface area contributed by atoms with Gasteiger partial charge in [0.2, 0.25) is 0 Å². The summed E-state index contributed by atoms with van der Waals surface area (Å²) in [6.45, 7) is 14.5. The van der Waals surface area contributed by atoms with Gasteiger partial charge in [0, 0.05) is 5.41 Å². The predicted octanol–water partition coefficient (Wildman–Crippen LogP) is 15.9. The van der Waals surface area contributed by atoms with Gasteiger partial charge in [-0.25, -0.2) is 0 Å². The molecule has 0 radical (unpaired) electrons. The van der Waals surface area contributed by atoms with E-state index in [2.05, 4.69) is 187 Å². The van der Waals surface area contributed by atoms with Crippen LogP contribution < -0.4 is 0 Å². The Bertz CT molecular complexity index is 1910. The van der Waals surface area contributed by atoms with Crippen molar-refractivity contribution in [2.24, 2.45) is 46.3 Å². The van der Waals surface area contributed by atoms with Gasteiger partial charge in [-0.3, -0.25) is 0 Å². The number of halogens is 2. The molecule has 0 spiro atoms. The third-order valence-electron chi connectivity index (χ3n) is 13.3. The Hall–Kier alpha value is -2.70. The van der Waals surface area contributed by atoms with Crippen molar-refractivity contribution in [3.8, 4) is 0 Å². The SMILES string of the molecule is CC(C)(C)C1=CC2C3C=C(C(C)(C)C)C(c4ccccc4)=CC3C(C(Cc3ccccc3)(c3ccccc3)C3CCCC3)C2C=C1c1ccccc1.[CH3-].[CH3-].[Cl][Zr+2][Cl]. The molecule has 3 heteroatoms. The van der Waals surface area contributed by atoms with E-state index in [9.17, 15) is 0 Å². The number of fused-ring (bicyclic) bond motifs is 3. The van der Waals surface area contributed by atoms with Crippen molar-refractivity contribution in [2.75, 3.05) is 0 Å². The van der Waals surface area contributed by atoms with Crippen molar-refractivity contribution >= 4 is 28.2 Å². The molecule has 4 aromatic rings. The Balaban J connectivity index is 0.00000120. The minimum absolute atomic E-state index is 0. The van der Waals surface area contributed by atoms with E-state index in [0.29, 0.717) is 35.5 Å². The van der Waals surface area contributed by atoms with Crippen LogP contribution in [-0.4, -0.2) is 0 Å². The number of benzene rings is 4. The van der Waals surface area contributed by atoms with E-state index in [4.69, 9.17) is 17.0 Å². The molecule has 4 aliphatic carbocycles. The third-order valence-corrected chi connectivity index (χ3v) is 13.3. The van der Waals surface area contributed by atoms with Gasteiger partial charge >= 0.3 is 37.9 Å². The summed E-state index contributed by atoms with van der Waals surface area (Å²) in [7, 11) is 9.87. The van der Waals surface area contributed by atoms with Gasteiger partial charge in [0.15, 0.2) is 0 Å². The van der Waals surface area contributed by atoms with Gasteiger partial charge in [-0.05, 0) is 110 Å². The van der Waals surface area contributed by atoms with Crippen molar-refractivity contribution in [3.05, 3.63) is 194 Å². The molecule has 298 valence electrons. The first kappa shape index (κ1) is 45.4. The van der Waals surface area contributed by atoms with Crippen molar-refractivity contribution in [1.82, 2.24) is 0 Å². The molecule has 0 saturated heterocycles. The molecule has 2 fully saturated rings. The standard InChI is InChI=1S/C52H58.2CH3.2ClH.Zr/c1-50(2,3)47-33-43-44-34-48(51(4,5)6)42(38-25-15-9-16-26-38)32-46(44)49(45(43)31-41(47)37-23-13-8-14-24-37)52(40-29-19-20-30-40,39-27-17-10-18-28-39)35-36-21-11-7-12-22-36;;;;;/h7-18,21-28,31-34,40,43-46,49H,19-20,29-30,35H2,1-6H3;2*1H3;2*1H;/q;2*-1;;;+4/p-2. The number of hydrogen-bond donors (Lipinski definition) is 0. The van der Waals surface area contributed by atoms with Crippen LogP contribution in [0.25, 0.3) is 11.1 Å². The molecule has 57 heavy (non-hydrogen) atoms. The van der Waals surface area contributed by atoms with Gasteiger partial charge in [-0.15, -0.1) is 0 Å². The van der Waals surface area contributed by atoms with Crippen molar-refractivity contribution in [3.63, 3.8) is 0 Å². The molecule has 0 heterocycles. The van der Waals surface area contributed by atoms with Crippen LogP contribution in [-0.2, 0) is 32.7 Å². The summed E-state index contributed by atoms with van der Waals surface area (Å²) in [6.07, 6.45) is 17.6. The second kappa shape index (κ2) is 19.1. The molecule has 2 saturated carbocycles. The summed E-state index contributed by atoms with van der Waals surface area (Å²) in [5.41, 5.74) is 11.7. The van der Waals surface area contributed by atoms with Crippen molar-refractivity contribution < 1.29 is 20.8 Å². The second-order valence-electron chi connectivity index (χ2n) is 18.5. The minimum atomic E-state index is -0.826. The predicted molar refractivity (Wildman–Crippen MR) is 246 cm³/mol. The van der Waals surface area contributed by atoms with Crippen LogP contribution in [0.1, 0.15) is 89.5 Å². The molecule has 0 amide bonds. The fraction of sp³-hybridized carbons (Fsp3) is 0.370. The van der Waals surface area contributed by atoms with Crippen molar-refractivity contribution in [1.29, 1.82) is 0 Å². The zero-order valence-electron chi connectivity index (χ0n) is 35.6. The number of hydrogen-bond acceptors (Lipinski definition) is 0. The quantitative estimate of drug-likeness (QED) is 0.162. The average molecular weight is 875 g/mol. The number of rotatable bonds is 7. The van der Waals surface area contributed by atoms with Crippen LogP contribution in [0, 0.1) is 61.2 Å². The molecule has 5 atom stereocenters. The molecule has 4 aromatic carbocycles. The molecule has 5 unspecified atom stereocenters. The Morgan fingerprint density at radius 2 is 0.877 bits per heavy atom. The van der Waals surface area contributed by atoms with Crippen LogP contribution in [0.15, 0.2) is 157 Å². The zero-order valence-corrected chi connectivity index (χ0v) is 39.6. The molecule has 0 aliphatic heterocycles. The monoisotopic (exact) mass is 872 g/mol. The molecule has 0 bridgehead atoms. The third kappa shape index (κ3) is 9.23. The van der Waals surface area contributed by atoms with Gasteiger partial charge in [-0.1, -0.05) is 200 Å².